The molecule has 7 nitrogen and oxygen atoms in total. The van der Waals surface area contributed by atoms with Crippen molar-refractivity contribution < 1.29 is 9.53 Å². The number of hydrogen-bond acceptors (Lipinski definition) is 6. The molecule has 0 aliphatic rings. The molecule has 0 radical (unpaired) electrons. The Morgan fingerprint density at radius 1 is 1.06 bits per heavy atom. The van der Waals surface area contributed by atoms with Gasteiger partial charge >= 0.3 is 5.97 Å². The van der Waals surface area contributed by atoms with Gasteiger partial charge in [0.1, 0.15) is 5.82 Å². The number of hydrogen-bond donors (Lipinski definition) is 1. The molecule has 0 unspecified atom stereocenters. The maximum atomic E-state index is 13.9. The molecule has 1 aromatic heterocycles. The molecule has 1 atom stereocenters. The van der Waals surface area contributed by atoms with Gasteiger partial charge in [-0.05, 0) is 48.4 Å². The second-order valence-corrected chi connectivity index (χ2v) is 8.18. The normalized spacial score (nSPS) is 11.9. The van der Waals surface area contributed by atoms with E-state index in [1.807, 2.05) is 79.5 Å². The van der Waals surface area contributed by atoms with E-state index >= 15 is 0 Å². The summed E-state index contributed by atoms with van der Waals surface area (Å²) in [6.45, 7) is 2.52. The number of rotatable bonds is 7. The lowest BCUT2D eigenvalue weighted by Crippen LogP contribution is -2.29. The molecule has 4 rings (SSSR count). The fourth-order valence-electron chi connectivity index (χ4n) is 4.03. The first-order valence-corrected chi connectivity index (χ1v) is 11.2. The summed E-state index contributed by atoms with van der Waals surface area (Å²) >= 11 is 0. The van der Waals surface area contributed by atoms with Crippen LogP contribution in [0, 0.1) is 0 Å². The molecule has 0 fully saturated rings. The number of carbonyl (C=O) groups is 1. The minimum absolute atomic E-state index is 0.154. The molecule has 0 bridgehead atoms. The topological polar surface area (TPSA) is 90.5 Å². The van der Waals surface area contributed by atoms with Crippen molar-refractivity contribution in [3.63, 3.8) is 0 Å². The number of para-hydroxylation sites is 1. The number of fused-ring (bicyclic) bond motifs is 1. The number of anilines is 1. The fourth-order valence-corrected chi connectivity index (χ4v) is 4.03. The van der Waals surface area contributed by atoms with Crippen LogP contribution in [0.2, 0.25) is 0 Å². The first-order valence-electron chi connectivity index (χ1n) is 11.2. The molecule has 0 spiro atoms. The molecular weight excluding hydrogens is 428 g/mol. The largest absolute Gasteiger partial charge is 0.465 e. The quantitative estimate of drug-likeness (QED) is 0.419. The van der Waals surface area contributed by atoms with Crippen LogP contribution in [-0.4, -0.2) is 29.7 Å². The van der Waals surface area contributed by atoms with Gasteiger partial charge in [-0.15, -0.1) is 0 Å². The Hall–Kier alpha value is -3.97. The SMILES string of the molecule is CC[C@H](N)c1nc2cccc(N(C)Cc3ccc(C(=O)OC)cc3)c2c(=O)n1-c1ccccc1. The third-order valence-corrected chi connectivity index (χ3v) is 5.89. The molecule has 0 amide bonds. The second kappa shape index (κ2) is 9.89. The van der Waals surface area contributed by atoms with Gasteiger partial charge in [-0.1, -0.05) is 43.3 Å². The number of carbonyl (C=O) groups excluding carboxylic acids is 1. The van der Waals surface area contributed by atoms with E-state index in [0.717, 1.165) is 16.9 Å². The van der Waals surface area contributed by atoms with Crippen molar-refractivity contribution in [3.8, 4) is 5.69 Å². The van der Waals surface area contributed by atoms with E-state index in [-0.39, 0.29) is 17.6 Å². The third-order valence-electron chi connectivity index (χ3n) is 5.89. The zero-order valence-electron chi connectivity index (χ0n) is 19.6. The lowest BCUT2D eigenvalue weighted by atomic mass is 10.1. The van der Waals surface area contributed by atoms with E-state index < -0.39 is 0 Å². The number of esters is 1. The number of nitrogens with zero attached hydrogens (tertiary/aromatic N) is 3. The average Bonchev–Trinajstić information content (AvgIpc) is 2.88. The molecule has 3 aromatic carbocycles. The first-order chi connectivity index (χ1) is 16.4. The number of methoxy groups -OCH3 is 1. The lowest BCUT2D eigenvalue weighted by molar-refractivity contribution is 0.0600. The van der Waals surface area contributed by atoms with Crippen molar-refractivity contribution >= 4 is 22.6 Å². The van der Waals surface area contributed by atoms with Gasteiger partial charge in [0.2, 0.25) is 0 Å². The molecule has 1 heterocycles. The highest BCUT2D eigenvalue weighted by Gasteiger charge is 2.20. The summed E-state index contributed by atoms with van der Waals surface area (Å²) in [6, 6.07) is 22.0. The van der Waals surface area contributed by atoms with Gasteiger partial charge in [0.25, 0.3) is 5.56 Å². The van der Waals surface area contributed by atoms with Crippen LogP contribution >= 0.6 is 0 Å². The van der Waals surface area contributed by atoms with Crippen LogP contribution in [0.5, 0.6) is 0 Å². The third kappa shape index (κ3) is 4.43. The zero-order valence-corrected chi connectivity index (χ0v) is 19.6. The van der Waals surface area contributed by atoms with E-state index in [4.69, 9.17) is 15.5 Å². The highest BCUT2D eigenvalue weighted by atomic mass is 16.5. The van der Waals surface area contributed by atoms with Crippen molar-refractivity contribution in [2.24, 2.45) is 5.73 Å². The van der Waals surface area contributed by atoms with Gasteiger partial charge in [0.15, 0.2) is 0 Å². The lowest BCUT2D eigenvalue weighted by Gasteiger charge is -2.23. The monoisotopic (exact) mass is 456 g/mol. The Morgan fingerprint density at radius 3 is 2.41 bits per heavy atom. The zero-order chi connectivity index (χ0) is 24.2. The molecule has 0 aliphatic carbocycles. The van der Waals surface area contributed by atoms with Gasteiger partial charge in [0.05, 0.1) is 41.0 Å². The molecule has 4 aromatic rings. The van der Waals surface area contributed by atoms with Crippen LogP contribution in [0.15, 0.2) is 77.6 Å². The Morgan fingerprint density at radius 2 is 1.76 bits per heavy atom. The summed E-state index contributed by atoms with van der Waals surface area (Å²) in [6.07, 6.45) is 0.659. The second-order valence-electron chi connectivity index (χ2n) is 8.18. The first kappa shape index (κ1) is 23.2. The molecular formula is C27H28N4O3. The van der Waals surface area contributed by atoms with Gasteiger partial charge in [-0.3, -0.25) is 9.36 Å². The minimum Gasteiger partial charge on any atom is -0.465 e. The Bertz CT molecular complexity index is 1360. The predicted molar refractivity (Wildman–Crippen MR) is 134 cm³/mol. The van der Waals surface area contributed by atoms with Crippen LogP contribution < -0.4 is 16.2 Å². The molecule has 0 aliphatic heterocycles. The minimum atomic E-state index is -0.373. The average molecular weight is 457 g/mol. The smallest absolute Gasteiger partial charge is 0.337 e. The highest BCUT2D eigenvalue weighted by Crippen LogP contribution is 2.26. The highest BCUT2D eigenvalue weighted by molar-refractivity contribution is 5.91. The standard InChI is InChI=1S/C27H28N4O3/c1-4-21(28)25-29-22-11-8-12-23(24(22)26(32)31(25)20-9-6-5-7-10-20)30(2)17-18-13-15-19(16-14-18)27(33)34-3/h5-16,21H,4,17,28H2,1-3H3/t21-/m0/s1. The van der Waals surface area contributed by atoms with E-state index in [9.17, 15) is 9.59 Å². The summed E-state index contributed by atoms with van der Waals surface area (Å²) in [5.74, 6) is 0.173. The molecule has 2 N–H and O–H groups in total. The fraction of sp³-hybridized carbons (Fsp3) is 0.222. The van der Waals surface area contributed by atoms with Gasteiger partial charge < -0.3 is 15.4 Å². The Balaban J connectivity index is 1.81. The van der Waals surface area contributed by atoms with Crippen LogP contribution in [0.25, 0.3) is 16.6 Å². The number of benzene rings is 3. The molecule has 174 valence electrons. The number of aromatic nitrogens is 2. The summed E-state index contributed by atoms with van der Waals surface area (Å²) in [4.78, 5) is 32.4. The molecule has 7 heteroatoms. The van der Waals surface area contributed by atoms with E-state index in [0.29, 0.717) is 35.3 Å². The number of ether oxygens (including phenoxy) is 1. The van der Waals surface area contributed by atoms with Crippen molar-refractivity contribution in [1.82, 2.24) is 9.55 Å². The summed E-state index contributed by atoms with van der Waals surface area (Å²) < 4.78 is 6.39. The molecule has 34 heavy (non-hydrogen) atoms. The van der Waals surface area contributed by atoms with Gasteiger partial charge in [-0.25, -0.2) is 9.78 Å². The van der Waals surface area contributed by atoms with Gasteiger partial charge in [0, 0.05) is 13.6 Å². The molecule has 0 saturated carbocycles. The number of nitrogens with two attached hydrogens (primary N) is 1. The predicted octanol–water partition coefficient (Wildman–Crippen LogP) is 4.22. The van der Waals surface area contributed by atoms with Crippen LogP contribution in [0.1, 0.15) is 41.1 Å². The Labute approximate surface area is 198 Å². The van der Waals surface area contributed by atoms with Crippen molar-refractivity contribution in [2.45, 2.75) is 25.9 Å². The van der Waals surface area contributed by atoms with Crippen molar-refractivity contribution in [3.05, 3.63) is 100 Å². The van der Waals surface area contributed by atoms with Crippen molar-refractivity contribution in [1.29, 1.82) is 0 Å². The summed E-state index contributed by atoms with van der Waals surface area (Å²) in [5, 5.41) is 0.534. The van der Waals surface area contributed by atoms with Crippen LogP contribution in [0.3, 0.4) is 0 Å². The van der Waals surface area contributed by atoms with Crippen LogP contribution in [0.4, 0.5) is 5.69 Å². The van der Waals surface area contributed by atoms with Gasteiger partial charge in [-0.2, -0.15) is 0 Å². The maximum absolute atomic E-state index is 13.9. The summed E-state index contributed by atoms with van der Waals surface area (Å²) in [5.41, 5.74) is 9.82. The Kier molecular flexibility index (Phi) is 6.75. The summed E-state index contributed by atoms with van der Waals surface area (Å²) in [7, 11) is 3.29. The van der Waals surface area contributed by atoms with E-state index in [1.54, 1.807) is 16.7 Å². The van der Waals surface area contributed by atoms with Crippen molar-refractivity contribution in [2.75, 3.05) is 19.1 Å². The van der Waals surface area contributed by atoms with Crippen LogP contribution in [-0.2, 0) is 11.3 Å². The molecule has 0 saturated heterocycles. The maximum Gasteiger partial charge on any atom is 0.337 e. The van der Waals surface area contributed by atoms with E-state index in [2.05, 4.69) is 0 Å². The van der Waals surface area contributed by atoms with E-state index in [1.165, 1.54) is 7.11 Å².